The number of hydrogen-bond donors (Lipinski definition) is 1. The van der Waals surface area contributed by atoms with E-state index in [9.17, 15) is 9.90 Å². The average molecular weight is 337 g/mol. The van der Waals surface area contributed by atoms with E-state index in [0.29, 0.717) is 17.0 Å². The Bertz CT molecular complexity index is 684. The molecular formula is C21H23NO3. The molecule has 130 valence electrons. The highest BCUT2D eigenvalue weighted by atomic mass is 16.5. The van der Waals surface area contributed by atoms with Gasteiger partial charge in [-0.2, -0.15) is 0 Å². The van der Waals surface area contributed by atoms with Gasteiger partial charge in [0.2, 0.25) is 5.60 Å². The second-order valence-electron chi connectivity index (χ2n) is 7.01. The van der Waals surface area contributed by atoms with Crippen molar-refractivity contribution in [1.82, 2.24) is 4.90 Å². The van der Waals surface area contributed by atoms with Crippen LogP contribution in [0.5, 0.6) is 0 Å². The van der Waals surface area contributed by atoms with Gasteiger partial charge in [0.1, 0.15) is 6.23 Å². The molecule has 0 saturated carbocycles. The minimum Gasteiger partial charge on any atom is -0.479 e. The Morgan fingerprint density at radius 1 is 0.960 bits per heavy atom. The van der Waals surface area contributed by atoms with Gasteiger partial charge in [0, 0.05) is 13.1 Å². The van der Waals surface area contributed by atoms with Gasteiger partial charge in [-0.25, -0.2) is 4.79 Å². The summed E-state index contributed by atoms with van der Waals surface area (Å²) in [7, 11) is 0. The van der Waals surface area contributed by atoms with Crippen LogP contribution < -0.4 is 0 Å². The highest BCUT2D eigenvalue weighted by Gasteiger charge is 2.48. The monoisotopic (exact) mass is 337 g/mol. The van der Waals surface area contributed by atoms with Crippen LogP contribution in [-0.2, 0) is 15.1 Å². The van der Waals surface area contributed by atoms with E-state index < -0.39 is 11.6 Å². The number of piperidine rings is 3. The molecule has 3 fully saturated rings. The van der Waals surface area contributed by atoms with Gasteiger partial charge in [-0.1, -0.05) is 60.7 Å². The molecule has 25 heavy (non-hydrogen) atoms. The highest BCUT2D eigenvalue weighted by Crippen LogP contribution is 2.40. The predicted molar refractivity (Wildman–Crippen MR) is 95.1 cm³/mol. The first-order valence-electron chi connectivity index (χ1n) is 8.96. The number of nitrogens with zero attached hydrogens (tertiary/aromatic N) is 1. The number of carboxylic acid groups (broad SMARTS) is 1. The number of aliphatic carboxylic acids is 1. The van der Waals surface area contributed by atoms with Crippen LogP contribution in [0, 0.1) is 5.92 Å². The van der Waals surface area contributed by atoms with Gasteiger partial charge in [0.15, 0.2) is 0 Å². The number of fused-ring (bicyclic) bond motifs is 3. The predicted octanol–water partition coefficient (Wildman–Crippen LogP) is 3.47. The zero-order valence-corrected chi connectivity index (χ0v) is 14.2. The average Bonchev–Trinajstić information content (AvgIpc) is 2.68. The van der Waals surface area contributed by atoms with E-state index in [4.69, 9.17) is 4.74 Å². The summed E-state index contributed by atoms with van der Waals surface area (Å²) >= 11 is 0. The SMILES string of the molecule is O=C(O)C(OC1CC2CCN1CC2)(c1ccccc1)c1ccccc1. The topological polar surface area (TPSA) is 49.8 Å². The first-order valence-corrected chi connectivity index (χ1v) is 8.96. The molecule has 0 spiro atoms. The maximum Gasteiger partial charge on any atom is 0.345 e. The van der Waals surface area contributed by atoms with Crippen molar-refractivity contribution in [3.8, 4) is 0 Å². The summed E-state index contributed by atoms with van der Waals surface area (Å²) in [5, 5.41) is 10.3. The van der Waals surface area contributed by atoms with Crippen molar-refractivity contribution in [2.75, 3.05) is 13.1 Å². The number of carboxylic acids is 1. The Balaban J connectivity index is 1.79. The van der Waals surface area contributed by atoms with E-state index in [1.54, 1.807) is 0 Å². The van der Waals surface area contributed by atoms with Crippen LogP contribution in [0.3, 0.4) is 0 Å². The van der Waals surface area contributed by atoms with Gasteiger partial charge in [-0.05, 0) is 36.3 Å². The maximum atomic E-state index is 12.6. The van der Waals surface area contributed by atoms with Crippen LogP contribution in [-0.4, -0.2) is 35.3 Å². The molecule has 4 heteroatoms. The molecule has 0 amide bonds. The molecule has 3 saturated heterocycles. The number of rotatable bonds is 5. The molecule has 3 aliphatic rings. The second kappa shape index (κ2) is 6.62. The summed E-state index contributed by atoms with van der Waals surface area (Å²) in [6, 6.07) is 18.6. The van der Waals surface area contributed by atoms with E-state index in [1.807, 2.05) is 60.7 Å². The molecular weight excluding hydrogens is 314 g/mol. The summed E-state index contributed by atoms with van der Waals surface area (Å²) in [5.74, 6) is -0.319. The van der Waals surface area contributed by atoms with Crippen molar-refractivity contribution in [2.24, 2.45) is 5.92 Å². The second-order valence-corrected chi connectivity index (χ2v) is 7.01. The van der Waals surface area contributed by atoms with Gasteiger partial charge in [0.05, 0.1) is 0 Å². The first-order chi connectivity index (χ1) is 12.2. The molecule has 0 aliphatic carbocycles. The van der Waals surface area contributed by atoms with E-state index in [2.05, 4.69) is 4.90 Å². The summed E-state index contributed by atoms with van der Waals surface area (Å²) in [6.07, 6.45) is 3.14. The van der Waals surface area contributed by atoms with Gasteiger partial charge in [-0.15, -0.1) is 0 Å². The molecule has 1 unspecified atom stereocenters. The molecule has 5 rings (SSSR count). The Morgan fingerprint density at radius 3 is 1.88 bits per heavy atom. The molecule has 2 aromatic rings. The summed E-state index contributed by atoms with van der Waals surface area (Å²) in [5.41, 5.74) is -0.155. The van der Waals surface area contributed by atoms with Gasteiger partial charge >= 0.3 is 5.97 Å². The molecule has 0 radical (unpaired) electrons. The summed E-state index contributed by atoms with van der Waals surface area (Å²) in [4.78, 5) is 14.9. The van der Waals surface area contributed by atoms with Gasteiger partial charge in [-0.3, -0.25) is 4.90 Å². The highest BCUT2D eigenvalue weighted by molar-refractivity contribution is 5.84. The van der Waals surface area contributed by atoms with Crippen molar-refractivity contribution < 1.29 is 14.6 Å². The Hall–Kier alpha value is -2.17. The minimum absolute atomic E-state index is 0.149. The minimum atomic E-state index is -1.48. The Kier molecular flexibility index (Phi) is 4.32. The smallest absolute Gasteiger partial charge is 0.345 e. The number of carbonyl (C=O) groups is 1. The third kappa shape index (κ3) is 2.86. The third-order valence-corrected chi connectivity index (χ3v) is 5.57. The lowest BCUT2D eigenvalue weighted by Gasteiger charge is -2.48. The Morgan fingerprint density at radius 2 is 1.48 bits per heavy atom. The van der Waals surface area contributed by atoms with Crippen molar-refractivity contribution in [2.45, 2.75) is 31.1 Å². The van der Waals surface area contributed by atoms with Gasteiger partial charge in [0.25, 0.3) is 0 Å². The first kappa shape index (κ1) is 16.3. The van der Waals surface area contributed by atoms with Gasteiger partial charge < -0.3 is 9.84 Å². The number of hydrogen-bond acceptors (Lipinski definition) is 3. The normalized spacial score (nSPS) is 25.7. The summed E-state index contributed by atoms with van der Waals surface area (Å²) < 4.78 is 6.47. The molecule has 2 aromatic carbocycles. The molecule has 4 nitrogen and oxygen atoms in total. The fourth-order valence-corrected chi connectivity index (χ4v) is 4.18. The molecule has 2 bridgehead atoms. The lowest BCUT2D eigenvalue weighted by Crippen LogP contribution is -2.54. The fourth-order valence-electron chi connectivity index (χ4n) is 4.18. The maximum absolute atomic E-state index is 12.6. The van der Waals surface area contributed by atoms with Crippen LogP contribution in [0.1, 0.15) is 30.4 Å². The van der Waals surface area contributed by atoms with Crippen LogP contribution in [0.15, 0.2) is 60.7 Å². The Labute approximate surface area is 148 Å². The molecule has 3 aliphatic heterocycles. The fraction of sp³-hybridized carbons (Fsp3) is 0.381. The van der Waals surface area contributed by atoms with Crippen molar-refractivity contribution in [3.63, 3.8) is 0 Å². The van der Waals surface area contributed by atoms with Crippen molar-refractivity contribution in [1.29, 1.82) is 0 Å². The van der Waals surface area contributed by atoms with Crippen LogP contribution in [0.4, 0.5) is 0 Å². The number of ether oxygens (including phenoxy) is 1. The largest absolute Gasteiger partial charge is 0.479 e. The zero-order chi connectivity index (χ0) is 17.3. The molecule has 3 heterocycles. The van der Waals surface area contributed by atoms with Crippen molar-refractivity contribution in [3.05, 3.63) is 71.8 Å². The van der Waals surface area contributed by atoms with Crippen molar-refractivity contribution >= 4 is 5.97 Å². The molecule has 1 atom stereocenters. The van der Waals surface area contributed by atoms with E-state index >= 15 is 0 Å². The number of benzene rings is 2. The summed E-state index contributed by atoms with van der Waals surface area (Å²) in [6.45, 7) is 1.99. The van der Waals surface area contributed by atoms with E-state index in [0.717, 1.165) is 19.5 Å². The third-order valence-electron chi connectivity index (χ3n) is 5.57. The lowest BCUT2D eigenvalue weighted by molar-refractivity contribution is -0.201. The quantitative estimate of drug-likeness (QED) is 0.907. The van der Waals surface area contributed by atoms with E-state index in [1.165, 1.54) is 12.8 Å². The standard InChI is InChI=1S/C21H23NO3/c23-20(24)21(17-7-3-1-4-8-17,18-9-5-2-6-10-18)25-19-15-16-11-13-22(19)14-12-16/h1-10,16,19H,11-15H2,(H,23,24). The van der Waals surface area contributed by atoms with Crippen LogP contribution in [0.2, 0.25) is 0 Å². The molecule has 0 aromatic heterocycles. The zero-order valence-electron chi connectivity index (χ0n) is 14.2. The van der Waals surface area contributed by atoms with Crippen LogP contribution in [0.25, 0.3) is 0 Å². The van der Waals surface area contributed by atoms with E-state index in [-0.39, 0.29) is 6.23 Å². The molecule has 1 N–H and O–H groups in total. The van der Waals surface area contributed by atoms with Crippen LogP contribution >= 0.6 is 0 Å². The lowest BCUT2D eigenvalue weighted by atomic mass is 9.84.